The Morgan fingerprint density at radius 1 is 1.21 bits per heavy atom. The fourth-order valence-electron chi connectivity index (χ4n) is 4.56. The molecule has 2 aliphatic rings. The summed E-state index contributed by atoms with van der Waals surface area (Å²) >= 11 is 0. The van der Waals surface area contributed by atoms with Crippen molar-refractivity contribution >= 4 is 17.7 Å². The van der Waals surface area contributed by atoms with Crippen molar-refractivity contribution in [2.75, 3.05) is 20.2 Å². The third kappa shape index (κ3) is 3.40. The van der Waals surface area contributed by atoms with Gasteiger partial charge in [0.15, 0.2) is 0 Å². The lowest BCUT2D eigenvalue weighted by molar-refractivity contribution is -0.169. The van der Waals surface area contributed by atoms with Crippen LogP contribution in [0, 0.1) is 16.7 Å². The zero-order valence-corrected chi connectivity index (χ0v) is 17.2. The molecule has 1 aliphatic carbocycles. The smallest absolute Gasteiger partial charge is 0.240 e. The third-order valence-corrected chi connectivity index (χ3v) is 6.93. The normalized spacial score (nSPS) is 25.7. The van der Waals surface area contributed by atoms with Crippen molar-refractivity contribution in [2.45, 2.75) is 46.5 Å². The maximum Gasteiger partial charge on any atom is 0.240 e. The summed E-state index contributed by atoms with van der Waals surface area (Å²) in [5.74, 6) is -0.0426. The molecule has 3 amide bonds. The molecular formula is C22H30N2O4. The Balaban J connectivity index is 1.49. The number of hydrogen-bond donors (Lipinski definition) is 1. The van der Waals surface area contributed by atoms with Crippen molar-refractivity contribution in [3.8, 4) is 5.75 Å². The zero-order valence-electron chi connectivity index (χ0n) is 17.2. The Morgan fingerprint density at radius 2 is 1.89 bits per heavy atom. The molecule has 0 aromatic heterocycles. The van der Waals surface area contributed by atoms with Crippen LogP contribution >= 0.6 is 0 Å². The number of hydrogen-bond acceptors (Lipinski definition) is 4. The van der Waals surface area contributed by atoms with E-state index >= 15 is 0 Å². The molecule has 0 unspecified atom stereocenters. The van der Waals surface area contributed by atoms with E-state index in [2.05, 4.69) is 5.32 Å². The number of aryl methyl sites for hydroxylation is 1. The molecular weight excluding hydrogens is 356 g/mol. The number of ether oxygens (including phenoxy) is 1. The molecule has 2 atom stereocenters. The molecule has 6 nitrogen and oxygen atoms in total. The molecule has 1 aromatic carbocycles. The molecule has 152 valence electrons. The van der Waals surface area contributed by atoms with Gasteiger partial charge >= 0.3 is 0 Å². The van der Waals surface area contributed by atoms with Gasteiger partial charge in [-0.05, 0) is 48.8 Å². The molecule has 0 radical (unpaired) electrons. The predicted molar refractivity (Wildman–Crippen MR) is 106 cm³/mol. The fraction of sp³-hybridized carbons (Fsp3) is 0.591. The number of imide groups is 1. The van der Waals surface area contributed by atoms with Crippen molar-refractivity contribution in [3.63, 3.8) is 0 Å². The van der Waals surface area contributed by atoms with Crippen LogP contribution in [0.2, 0.25) is 0 Å². The van der Waals surface area contributed by atoms with E-state index in [-0.39, 0.29) is 35.6 Å². The molecule has 2 bridgehead atoms. The summed E-state index contributed by atoms with van der Waals surface area (Å²) in [7, 11) is 1.63. The topological polar surface area (TPSA) is 75.7 Å². The maximum absolute atomic E-state index is 12.9. The van der Waals surface area contributed by atoms with Gasteiger partial charge in [-0.25, -0.2) is 0 Å². The van der Waals surface area contributed by atoms with E-state index in [9.17, 15) is 14.4 Å². The molecule has 0 spiro atoms. The molecule has 3 rings (SSSR count). The van der Waals surface area contributed by atoms with E-state index in [1.165, 1.54) is 10.5 Å². The van der Waals surface area contributed by atoms with Crippen LogP contribution in [0.4, 0.5) is 0 Å². The highest BCUT2D eigenvalue weighted by Crippen LogP contribution is 2.59. The number of rotatable bonds is 7. The Labute approximate surface area is 166 Å². The van der Waals surface area contributed by atoms with Crippen LogP contribution in [0.15, 0.2) is 24.3 Å². The quantitative estimate of drug-likeness (QED) is 0.577. The first-order valence-electron chi connectivity index (χ1n) is 9.96. The summed E-state index contributed by atoms with van der Waals surface area (Å²) in [6, 6.07) is 7.84. The second-order valence-electron chi connectivity index (χ2n) is 8.68. The summed E-state index contributed by atoms with van der Waals surface area (Å²) < 4.78 is 5.14. The maximum atomic E-state index is 12.9. The highest BCUT2D eigenvalue weighted by atomic mass is 16.5. The zero-order chi connectivity index (χ0) is 20.5. The molecule has 1 saturated carbocycles. The van der Waals surface area contributed by atoms with Crippen molar-refractivity contribution in [1.29, 1.82) is 0 Å². The van der Waals surface area contributed by atoms with Crippen LogP contribution in [-0.4, -0.2) is 42.8 Å². The first-order chi connectivity index (χ1) is 13.2. The minimum atomic E-state index is -0.569. The van der Waals surface area contributed by atoms with Crippen LogP contribution in [0.3, 0.4) is 0 Å². The van der Waals surface area contributed by atoms with Gasteiger partial charge < -0.3 is 10.1 Å². The second-order valence-corrected chi connectivity index (χ2v) is 8.68. The van der Waals surface area contributed by atoms with Crippen LogP contribution in [-0.2, 0) is 20.8 Å². The lowest BCUT2D eigenvalue weighted by Gasteiger charge is -2.47. The minimum Gasteiger partial charge on any atom is -0.497 e. The van der Waals surface area contributed by atoms with Gasteiger partial charge in [-0.15, -0.1) is 0 Å². The monoisotopic (exact) mass is 386 g/mol. The van der Waals surface area contributed by atoms with Crippen LogP contribution < -0.4 is 10.1 Å². The van der Waals surface area contributed by atoms with Crippen LogP contribution in [0.1, 0.15) is 45.6 Å². The van der Waals surface area contributed by atoms with Gasteiger partial charge in [-0.2, -0.15) is 0 Å². The lowest BCUT2D eigenvalue weighted by Crippen LogP contribution is -2.60. The number of carbonyl (C=O) groups excluding carboxylic acids is 3. The Morgan fingerprint density at radius 3 is 2.54 bits per heavy atom. The van der Waals surface area contributed by atoms with Gasteiger partial charge in [0.2, 0.25) is 17.7 Å². The third-order valence-electron chi connectivity index (χ3n) is 6.93. The molecule has 6 heteroatoms. The van der Waals surface area contributed by atoms with Crippen molar-refractivity contribution < 1.29 is 19.1 Å². The van der Waals surface area contributed by atoms with Gasteiger partial charge in [0.25, 0.3) is 0 Å². The fourth-order valence-corrected chi connectivity index (χ4v) is 4.56. The van der Waals surface area contributed by atoms with Gasteiger partial charge in [0.1, 0.15) is 12.3 Å². The lowest BCUT2D eigenvalue weighted by atomic mass is 9.62. The standard InChI is InChI=1S/C22H30N2O4/c1-21(2)17-11-12-22(21,3)20(27)24(19(17)26)14-18(25)23-13-5-6-15-7-9-16(28-4)10-8-15/h7-10,17H,5-6,11-14H2,1-4H3,(H,23,25)/t17-,22+/m0/s1. The highest BCUT2D eigenvalue weighted by Gasteiger charge is 2.64. The van der Waals surface area contributed by atoms with E-state index in [0.29, 0.717) is 19.4 Å². The van der Waals surface area contributed by atoms with E-state index in [4.69, 9.17) is 4.74 Å². The van der Waals surface area contributed by atoms with E-state index in [0.717, 1.165) is 18.6 Å². The van der Waals surface area contributed by atoms with Gasteiger partial charge in [0.05, 0.1) is 12.5 Å². The van der Waals surface area contributed by atoms with Crippen LogP contribution in [0.5, 0.6) is 5.75 Å². The predicted octanol–water partition coefficient (Wildman–Crippen LogP) is 2.56. The molecule has 1 aliphatic heterocycles. The Hall–Kier alpha value is -2.37. The number of nitrogens with zero attached hydrogens (tertiary/aromatic N) is 1. The van der Waals surface area contributed by atoms with Crippen LogP contribution in [0.25, 0.3) is 0 Å². The number of piperidine rings is 1. The van der Waals surface area contributed by atoms with Gasteiger partial charge in [-0.1, -0.05) is 32.9 Å². The number of carbonyl (C=O) groups is 3. The molecule has 1 aromatic rings. The summed E-state index contributed by atoms with van der Waals surface area (Å²) in [6.45, 7) is 6.26. The average Bonchev–Trinajstić information content (AvgIpc) is 2.87. The molecule has 1 N–H and O–H groups in total. The second kappa shape index (κ2) is 7.57. The minimum absolute atomic E-state index is 0.178. The van der Waals surface area contributed by atoms with Crippen molar-refractivity contribution in [3.05, 3.63) is 29.8 Å². The average molecular weight is 386 g/mol. The van der Waals surface area contributed by atoms with Crippen molar-refractivity contribution in [2.24, 2.45) is 16.7 Å². The molecule has 1 heterocycles. The number of likely N-dealkylation sites (tertiary alicyclic amines) is 1. The summed E-state index contributed by atoms with van der Waals surface area (Å²) in [6.07, 6.45) is 3.04. The van der Waals surface area contributed by atoms with Gasteiger partial charge in [0, 0.05) is 12.5 Å². The summed E-state index contributed by atoms with van der Waals surface area (Å²) in [5.41, 5.74) is 0.246. The first kappa shape index (κ1) is 20.4. The number of fused-ring (bicyclic) bond motifs is 2. The first-order valence-corrected chi connectivity index (χ1v) is 9.96. The van der Waals surface area contributed by atoms with E-state index in [1.807, 2.05) is 45.0 Å². The van der Waals surface area contributed by atoms with E-state index in [1.54, 1.807) is 7.11 Å². The highest BCUT2D eigenvalue weighted by molar-refractivity contribution is 6.06. The molecule has 2 fully saturated rings. The van der Waals surface area contributed by atoms with E-state index < -0.39 is 5.41 Å². The number of nitrogens with one attached hydrogen (secondary N) is 1. The number of benzene rings is 1. The Kier molecular flexibility index (Phi) is 5.50. The summed E-state index contributed by atoms with van der Waals surface area (Å²) in [4.78, 5) is 39.2. The SMILES string of the molecule is COc1ccc(CCCNC(=O)CN2C(=O)[C@@H]3CC[C@](C)(C2=O)C3(C)C)cc1. The Bertz CT molecular complexity index is 771. The van der Waals surface area contributed by atoms with Gasteiger partial charge in [-0.3, -0.25) is 19.3 Å². The van der Waals surface area contributed by atoms with Crippen molar-refractivity contribution in [1.82, 2.24) is 10.2 Å². The number of methoxy groups -OCH3 is 1. The number of amides is 3. The molecule has 1 saturated heterocycles. The largest absolute Gasteiger partial charge is 0.497 e. The molecule has 28 heavy (non-hydrogen) atoms. The summed E-state index contributed by atoms with van der Waals surface area (Å²) in [5, 5.41) is 2.84.